The van der Waals surface area contributed by atoms with E-state index in [1.165, 1.54) is 38.3 Å². The third kappa shape index (κ3) is 3.05. The van der Waals surface area contributed by atoms with Crippen LogP contribution < -0.4 is 14.8 Å². The lowest BCUT2D eigenvalue weighted by molar-refractivity contribution is -0.136. The maximum atomic E-state index is 13.4. The predicted molar refractivity (Wildman–Crippen MR) is 101 cm³/mol. The first-order valence-electron chi connectivity index (χ1n) is 8.76. The number of ether oxygens (including phenoxy) is 3. The molecule has 0 saturated heterocycles. The molecule has 0 fully saturated rings. The average Bonchev–Trinajstić information content (AvgIpc) is 3.48. The van der Waals surface area contributed by atoms with Crippen LogP contribution in [0.4, 0.5) is 5.95 Å². The lowest BCUT2D eigenvalue weighted by Crippen LogP contribution is -2.33. The second-order valence-corrected chi connectivity index (χ2v) is 6.17. The normalized spacial score (nSPS) is 15.2. The molecule has 11 heteroatoms. The molecule has 0 unspecified atom stereocenters. The molecule has 1 aliphatic heterocycles. The number of hydrogen-bond donors (Lipinski definition) is 1. The van der Waals surface area contributed by atoms with E-state index >= 15 is 0 Å². The van der Waals surface area contributed by atoms with Gasteiger partial charge in [-0.2, -0.15) is 4.68 Å². The van der Waals surface area contributed by atoms with Gasteiger partial charge in [0.05, 0.1) is 33.2 Å². The van der Waals surface area contributed by atoms with Crippen molar-refractivity contribution in [1.29, 1.82) is 0 Å². The van der Waals surface area contributed by atoms with Gasteiger partial charge in [-0.05, 0) is 34.7 Å². The summed E-state index contributed by atoms with van der Waals surface area (Å²) >= 11 is 0. The van der Waals surface area contributed by atoms with E-state index < -0.39 is 17.8 Å². The predicted octanol–water partition coefficient (Wildman–Crippen LogP) is 1.61. The minimum absolute atomic E-state index is 0.0417. The molecular weight excluding hydrogens is 394 g/mol. The van der Waals surface area contributed by atoms with Gasteiger partial charge in [0.2, 0.25) is 11.7 Å². The number of Topliss-reactive ketones (excluding diaryl/α,β-unsaturated/α-hetero) is 1. The van der Waals surface area contributed by atoms with Crippen molar-refractivity contribution < 1.29 is 28.2 Å². The monoisotopic (exact) mass is 411 g/mol. The Bertz CT molecular complexity index is 1130. The number of carbonyl (C=O) groups is 2. The lowest BCUT2D eigenvalue weighted by atomic mass is 9.90. The summed E-state index contributed by atoms with van der Waals surface area (Å²) in [5, 5.41) is 14.3. The van der Waals surface area contributed by atoms with Crippen LogP contribution in [0.15, 0.2) is 52.3 Å². The lowest BCUT2D eigenvalue weighted by Gasteiger charge is -2.28. The SMILES string of the molecule is COC(=O)C1=C(C(=O)c2ccco2)[C@H](c2ccc(OC)cc2OC)n2nnnc2N1. The van der Waals surface area contributed by atoms with Crippen LogP contribution in [-0.2, 0) is 9.53 Å². The fourth-order valence-electron chi connectivity index (χ4n) is 3.26. The van der Waals surface area contributed by atoms with E-state index in [2.05, 4.69) is 20.8 Å². The molecule has 11 nitrogen and oxygen atoms in total. The molecular formula is C19H17N5O6. The Labute approximate surface area is 170 Å². The summed E-state index contributed by atoms with van der Waals surface area (Å²) in [4.78, 5) is 25.9. The highest BCUT2D eigenvalue weighted by Gasteiger charge is 2.40. The van der Waals surface area contributed by atoms with E-state index in [-0.39, 0.29) is 23.0 Å². The van der Waals surface area contributed by atoms with Crippen LogP contribution in [0.2, 0.25) is 0 Å². The van der Waals surface area contributed by atoms with E-state index in [9.17, 15) is 9.59 Å². The largest absolute Gasteiger partial charge is 0.497 e. The number of hydrogen-bond acceptors (Lipinski definition) is 10. The number of rotatable bonds is 6. The van der Waals surface area contributed by atoms with Gasteiger partial charge in [0.1, 0.15) is 23.2 Å². The molecule has 1 aliphatic rings. The number of carbonyl (C=O) groups excluding carboxylic acids is 2. The molecule has 0 aliphatic carbocycles. The number of esters is 1. The molecule has 0 radical (unpaired) electrons. The maximum absolute atomic E-state index is 13.4. The van der Waals surface area contributed by atoms with Crippen LogP contribution in [0.25, 0.3) is 0 Å². The Morgan fingerprint density at radius 3 is 2.67 bits per heavy atom. The zero-order valence-corrected chi connectivity index (χ0v) is 16.3. The summed E-state index contributed by atoms with van der Waals surface area (Å²) in [7, 11) is 4.23. The molecule has 3 aromatic rings. The highest BCUT2D eigenvalue weighted by Crippen LogP contribution is 2.41. The molecule has 1 N–H and O–H groups in total. The number of tetrazole rings is 1. The first kappa shape index (κ1) is 19.2. The highest BCUT2D eigenvalue weighted by atomic mass is 16.5. The molecule has 1 atom stereocenters. The van der Waals surface area contributed by atoms with Crippen molar-refractivity contribution in [3.8, 4) is 11.5 Å². The standard InChI is InChI=1S/C19H17N5O6/c1-27-10-6-7-11(13(9-10)28-2)16-14(17(25)12-5-4-8-30-12)15(18(26)29-3)20-19-21-22-23-24(16)19/h4-9,16H,1-3H3,(H,20,21,23)/t16-/m0/s1. The Kier molecular flexibility index (Phi) is 4.92. The molecule has 0 spiro atoms. The fourth-order valence-corrected chi connectivity index (χ4v) is 3.26. The first-order chi connectivity index (χ1) is 14.6. The maximum Gasteiger partial charge on any atom is 0.355 e. The fraction of sp³-hybridized carbons (Fsp3) is 0.211. The summed E-state index contributed by atoms with van der Waals surface area (Å²) in [6.07, 6.45) is 1.37. The molecule has 0 bridgehead atoms. The molecule has 30 heavy (non-hydrogen) atoms. The zero-order valence-electron chi connectivity index (χ0n) is 16.3. The van der Waals surface area contributed by atoms with Crippen LogP contribution in [0, 0.1) is 0 Å². The highest BCUT2D eigenvalue weighted by molar-refractivity contribution is 6.13. The van der Waals surface area contributed by atoms with Crippen LogP contribution in [0.3, 0.4) is 0 Å². The van der Waals surface area contributed by atoms with E-state index in [1.807, 2.05) is 0 Å². The van der Waals surface area contributed by atoms with Gasteiger partial charge in [0, 0.05) is 11.6 Å². The number of aromatic nitrogens is 4. The topological polar surface area (TPSA) is 131 Å². The number of nitrogens with zero attached hydrogens (tertiary/aromatic N) is 4. The van der Waals surface area contributed by atoms with Crippen molar-refractivity contribution in [3.63, 3.8) is 0 Å². The smallest absolute Gasteiger partial charge is 0.355 e. The van der Waals surface area contributed by atoms with E-state index in [0.717, 1.165) is 0 Å². The van der Waals surface area contributed by atoms with Gasteiger partial charge in [0.15, 0.2) is 5.76 Å². The number of methoxy groups -OCH3 is 3. The van der Waals surface area contributed by atoms with Crippen molar-refractivity contribution in [2.75, 3.05) is 26.6 Å². The summed E-state index contributed by atoms with van der Waals surface area (Å²) < 4.78 is 22.3. The second kappa shape index (κ2) is 7.70. The number of benzene rings is 1. The zero-order chi connectivity index (χ0) is 21.3. The summed E-state index contributed by atoms with van der Waals surface area (Å²) in [6, 6.07) is 7.26. The van der Waals surface area contributed by atoms with Gasteiger partial charge in [-0.1, -0.05) is 5.10 Å². The Balaban J connectivity index is 1.99. The summed E-state index contributed by atoms with van der Waals surface area (Å²) in [6.45, 7) is 0. The molecule has 0 amide bonds. The van der Waals surface area contributed by atoms with Crippen molar-refractivity contribution in [2.24, 2.45) is 0 Å². The van der Waals surface area contributed by atoms with E-state index in [4.69, 9.17) is 18.6 Å². The molecule has 0 saturated carbocycles. The van der Waals surface area contributed by atoms with Gasteiger partial charge in [-0.3, -0.25) is 4.79 Å². The molecule has 3 heterocycles. The number of anilines is 1. The van der Waals surface area contributed by atoms with Crippen molar-refractivity contribution >= 4 is 17.7 Å². The minimum atomic E-state index is -0.899. The molecule has 154 valence electrons. The van der Waals surface area contributed by atoms with Gasteiger partial charge in [-0.15, -0.1) is 0 Å². The van der Waals surface area contributed by atoms with Crippen LogP contribution in [0.1, 0.15) is 22.2 Å². The summed E-state index contributed by atoms with van der Waals surface area (Å²) in [5.74, 6) is -0.112. The third-order valence-electron chi connectivity index (χ3n) is 4.63. The first-order valence-corrected chi connectivity index (χ1v) is 8.76. The number of ketones is 1. The van der Waals surface area contributed by atoms with Gasteiger partial charge < -0.3 is 23.9 Å². The number of furan rings is 1. The van der Waals surface area contributed by atoms with Crippen LogP contribution in [0.5, 0.6) is 11.5 Å². The molecule has 2 aromatic heterocycles. The number of fused-ring (bicyclic) bond motifs is 1. The Hall–Kier alpha value is -4.15. The van der Waals surface area contributed by atoms with Crippen molar-refractivity contribution in [2.45, 2.75) is 6.04 Å². The number of nitrogens with one attached hydrogen (secondary N) is 1. The van der Waals surface area contributed by atoms with Gasteiger partial charge >= 0.3 is 5.97 Å². The third-order valence-corrected chi connectivity index (χ3v) is 4.63. The summed E-state index contributed by atoms with van der Waals surface area (Å²) in [5.41, 5.74) is 0.480. The average molecular weight is 411 g/mol. The van der Waals surface area contributed by atoms with Gasteiger partial charge in [-0.25, -0.2) is 4.79 Å². The van der Waals surface area contributed by atoms with Crippen molar-refractivity contribution in [3.05, 3.63) is 59.2 Å². The number of allylic oxidation sites excluding steroid dienone is 1. The van der Waals surface area contributed by atoms with Crippen molar-refractivity contribution in [1.82, 2.24) is 20.2 Å². The Morgan fingerprint density at radius 2 is 2.00 bits per heavy atom. The van der Waals surface area contributed by atoms with Gasteiger partial charge in [0.25, 0.3) is 0 Å². The van der Waals surface area contributed by atoms with E-state index in [0.29, 0.717) is 17.1 Å². The molecule has 1 aromatic carbocycles. The van der Waals surface area contributed by atoms with Crippen LogP contribution in [-0.4, -0.2) is 53.3 Å². The van der Waals surface area contributed by atoms with E-state index in [1.54, 1.807) is 24.3 Å². The quantitative estimate of drug-likeness (QED) is 0.471. The van der Waals surface area contributed by atoms with Crippen LogP contribution >= 0.6 is 0 Å². The Morgan fingerprint density at radius 1 is 1.17 bits per heavy atom. The minimum Gasteiger partial charge on any atom is -0.497 e. The molecule has 4 rings (SSSR count). The second-order valence-electron chi connectivity index (χ2n) is 6.17.